The Labute approximate surface area is 265 Å². The van der Waals surface area contributed by atoms with Crippen LogP contribution in [0.3, 0.4) is 0 Å². The lowest BCUT2D eigenvalue weighted by molar-refractivity contribution is -0.137. The summed E-state index contributed by atoms with van der Waals surface area (Å²) in [4.78, 5) is 39.3. The third-order valence-corrected chi connectivity index (χ3v) is 9.38. The molecule has 3 aliphatic rings. The smallest absolute Gasteiger partial charge is 0.421 e. The summed E-state index contributed by atoms with van der Waals surface area (Å²) in [6.07, 6.45) is 3.21. The molecular weight excluding hydrogens is 606 g/mol. The summed E-state index contributed by atoms with van der Waals surface area (Å²) in [5, 5.41) is 8.64. The number of likely N-dealkylation sites (tertiary alicyclic amines) is 1. The van der Waals surface area contributed by atoms with Gasteiger partial charge in [-0.25, -0.2) is 14.4 Å². The number of carbonyl (C=O) groups is 2. The van der Waals surface area contributed by atoms with Gasteiger partial charge in [-0.3, -0.25) is 9.59 Å². The predicted octanol–water partition coefficient (Wildman–Crippen LogP) is 5.82. The molecule has 3 fully saturated rings. The summed E-state index contributed by atoms with van der Waals surface area (Å²) >= 11 is 0. The molecule has 3 N–H and O–H groups in total. The number of hydrogen-bond acceptors (Lipinski definition) is 8. The second-order valence-corrected chi connectivity index (χ2v) is 12.9. The maximum absolute atomic E-state index is 15.2. The number of methoxy groups -OCH3 is 1. The van der Waals surface area contributed by atoms with Crippen LogP contribution in [-0.2, 0) is 11.0 Å². The van der Waals surface area contributed by atoms with Crippen molar-refractivity contribution in [3.8, 4) is 5.75 Å². The van der Waals surface area contributed by atoms with Crippen molar-refractivity contribution >= 4 is 35.5 Å². The Hall–Kier alpha value is -3.81. The van der Waals surface area contributed by atoms with E-state index in [1.807, 2.05) is 7.05 Å². The van der Waals surface area contributed by atoms with E-state index in [-0.39, 0.29) is 58.2 Å². The third-order valence-electron chi connectivity index (χ3n) is 9.38. The first kappa shape index (κ1) is 33.6. The number of aromatic nitrogens is 2. The fourth-order valence-electron chi connectivity index (χ4n) is 6.48. The van der Waals surface area contributed by atoms with Crippen molar-refractivity contribution in [2.75, 3.05) is 37.9 Å². The molecule has 2 aliphatic carbocycles. The minimum absolute atomic E-state index is 0.0439. The van der Waals surface area contributed by atoms with Crippen LogP contribution in [0, 0.1) is 23.1 Å². The molecule has 0 bridgehead atoms. The number of piperidine rings is 1. The molecule has 2 amide bonds. The molecule has 250 valence electrons. The van der Waals surface area contributed by atoms with Crippen LogP contribution in [0.2, 0.25) is 0 Å². The van der Waals surface area contributed by atoms with E-state index in [2.05, 4.69) is 35.8 Å². The standard InChI is InChI=1S/C32H41F4N7O3/c1-18(2)28(44)37-16-19-7-5-6-10-31(19)15-26(31)41-27-22(32(34,35)36)17-38-30(42-27)40-24-14-23(33)21(13-25(24)46-4)29(45)39-20-8-11-43(3)12-9-20/h13-14,16-20,26H,5-12,15H2,1-4H3,(H,39,45)(H2,38,40,41,42). The van der Waals surface area contributed by atoms with Crippen molar-refractivity contribution < 1.29 is 31.9 Å². The summed E-state index contributed by atoms with van der Waals surface area (Å²) in [5.41, 5.74) is -1.52. The maximum Gasteiger partial charge on any atom is 0.421 e. The molecule has 2 aromatic rings. The van der Waals surface area contributed by atoms with Crippen molar-refractivity contribution in [3.63, 3.8) is 0 Å². The number of nitrogens with one attached hydrogen (secondary N) is 3. The topological polar surface area (TPSA) is 121 Å². The second kappa shape index (κ2) is 13.5. The predicted molar refractivity (Wildman–Crippen MR) is 166 cm³/mol. The number of ether oxygens (including phenoxy) is 1. The van der Waals surface area contributed by atoms with Gasteiger partial charge in [0.2, 0.25) is 11.9 Å². The van der Waals surface area contributed by atoms with E-state index in [4.69, 9.17) is 4.74 Å². The molecule has 2 heterocycles. The molecular formula is C32H41F4N7O3. The Bertz CT molecular complexity index is 1480. The summed E-state index contributed by atoms with van der Waals surface area (Å²) < 4.78 is 62.7. The van der Waals surface area contributed by atoms with Crippen LogP contribution < -0.4 is 20.7 Å². The van der Waals surface area contributed by atoms with Crippen LogP contribution in [0.15, 0.2) is 23.3 Å². The average Bonchev–Trinajstić information content (AvgIpc) is 3.68. The lowest BCUT2D eigenvalue weighted by Gasteiger charge is -2.30. The van der Waals surface area contributed by atoms with E-state index in [1.54, 1.807) is 20.1 Å². The summed E-state index contributed by atoms with van der Waals surface area (Å²) in [7, 11) is 3.33. The Kier molecular flexibility index (Phi) is 9.85. The SMILES string of the molecule is COc1cc(C(=O)NC2CCN(C)CC2)c(F)cc1Nc1ncc(C(F)(F)F)c(NC2CC23CCCCC3C=NC(=O)C(C)C)n1. The van der Waals surface area contributed by atoms with Gasteiger partial charge < -0.3 is 25.6 Å². The molecule has 10 nitrogen and oxygen atoms in total. The molecule has 1 aliphatic heterocycles. The fourth-order valence-corrected chi connectivity index (χ4v) is 6.48. The van der Waals surface area contributed by atoms with E-state index in [1.165, 1.54) is 13.2 Å². The van der Waals surface area contributed by atoms with Crippen molar-refractivity contribution in [1.29, 1.82) is 0 Å². The molecule has 1 aromatic heterocycles. The van der Waals surface area contributed by atoms with Gasteiger partial charge in [-0.1, -0.05) is 26.7 Å². The zero-order chi connectivity index (χ0) is 33.2. The van der Waals surface area contributed by atoms with E-state index in [0.29, 0.717) is 12.6 Å². The summed E-state index contributed by atoms with van der Waals surface area (Å²) in [6.45, 7) is 5.17. The molecule has 3 unspecified atom stereocenters. The first-order chi connectivity index (χ1) is 21.8. The highest BCUT2D eigenvalue weighted by Gasteiger charge is 2.59. The normalized spacial score (nSPS) is 23.9. The number of carbonyl (C=O) groups excluding carboxylic acids is 2. The number of halogens is 4. The van der Waals surface area contributed by atoms with Gasteiger partial charge in [0, 0.05) is 47.8 Å². The maximum atomic E-state index is 15.2. The lowest BCUT2D eigenvalue weighted by Crippen LogP contribution is -2.43. The number of aliphatic imine (C=N–C) groups is 1. The molecule has 1 saturated heterocycles. The molecule has 0 radical (unpaired) electrons. The minimum Gasteiger partial charge on any atom is -0.495 e. The first-order valence-corrected chi connectivity index (χ1v) is 15.7. The van der Waals surface area contributed by atoms with Crippen LogP contribution in [0.25, 0.3) is 0 Å². The van der Waals surface area contributed by atoms with Gasteiger partial charge >= 0.3 is 6.18 Å². The van der Waals surface area contributed by atoms with Crippen molar-refractivity contribution in [3.05, 3.63) is 35.3 Å². The van der Waals surface area contributed by atoms with Gasteiger partial charge in [-0.2, -0.15) is 18.2 Å². The Morgan fingerprint density at radius 1 is 1.17 bits per heavy atom. The first-order valence-electron chi connectivity index (χ1n) is 15.7. The zero-order valence-corrected chi connectivity index (χ0v) is 26.5. The summed E-state index contributed by atoms with van der Waals surface area (Å²) in [5.74, 6) is -2.45. The number of nitrogens with zero attached hydrogens (tertiary/aromatic N) is 4. The molecule has 2 saturated carbocycles. The number of benzene rings is 1. The van der Waals surface area contributed by atoms with Crippen LogP contribution in [0.1, 0.15) is 74.7 Å². The number of amides is 2. The highest BCUT2D eigenvalue weighted by Crippen LogP contribution is 2.60. The van der Waals surface area contributed by atoms with Crippen molar-refractivity contribution in [1.82, 2.24) is 20.2 Å². The van der Waals surface area contributed by atoms with Gasteiger partial charge in [-0.15, -0.1) is 0 Å². The van der Waals surface area contributed by atoms with Gasteiger partial charge in [-0.05, 0) is 58.3 Å². The Balaban J connectivity index is 1.35. The highest BCUT2D eigenvalue weighted by molar-refractivity contribution is 5.96. The Morgan fingerprint density at radius 2 is 1.91 bits per heavy atom. The highest BCUT2D eigenvalue weighted by atomic mass is 19.4. The minimum atomic E-state index is -4.73. The monoisotopic (exact) mass is 647 g/mol. The number of anilines is 3. The third kappa shape index (κ3) is 7.42. The molecule has 1 spiro atoms. The molecule has 14 heteroatoms. The molecule has 5 rings (SSSR count). The van der Waals surface area contributed by atoms with Gasteiger partial charge in [0.1, 0.15) is 22.9 Å². The second-order valence-electron chi connectivity index (χ2n) is 12.9. The number of hydrogen-bond donors (Lipinski definition) is 3. The van der Waals surface area contributed by atoms with E-state index in [0.717, 1.165) is 57.7 Å². The van der Waals surface area contributed by atoms with Crippen molar-refractivity contribution in [2.45, 2.75) is 77.1 Å². The van der Waals surface area contributed by atoms with Crippen LogP contribution in [0.5, 0.6) is 5.75 Å². The lowest BCUT2D eigenvalue weighted by atomic mass is 9.76. The quantitative estimate of drug-likeness (QED) is 0.230. The van der Waals surface area contributed by atoms with Gasteiger partial charge in [0.05, 0.1) is 18.4 Å². The van der Waals surface area contributed by atoms with Gasteiger partial charge in [0.15, 0.2) is 0 Å². The number of alkyl halides is 3. The number of rotatable bonds is 9. The largest absolute Gasteiger partial charge is 0.495 e. The van der Waals surface area contributed by atoms with Crippen LogP contribution in [0.4, 0.5) is 35.0 Å². The fraction of sp³-hybridized carbons (Fsp3) is 0.594. The van der Waals surface area contributed by atoms with E-state index >= 15 is 4.39 Å². The molecule has 3 atom stereocenters. The van der Waals surface area contributed by atoms with E-state index < -0.39 is 29.3 Å². The van der Waals surface area contributed by atoms with Crippen molar-refractivity contribution in [2.24, 2.45) is 22.2 Å². The Morgan fingerprint density at radius 3 is 2.59 bits per heavy atom. The zero-order valence-electron chi connectivity index (χ0n) is 26.5. The molecule has 46 heavy (non-hydrogen) atoms. The summed E-state index contributed by atoms with van der Waals surface area (Å²) in [6, 6.07) is 1.89. The van der Waals surface area contributed by atoms with E-state index in [9.17, 15) is 22.8 Å². The van der Waals surface area contributed by atoms with Gasteiger partial charge in [0.25, 0.3) is 5.91 Å². The molecule has 1 aromatic carbocycles. The van der Waals surface area contributed by atoms with Crippen LogP contribution >= 0.6 is 0 Å². The average molecular weight is 648 g/mol. The van der Waals surface area contributed by atoms with Crippen LogP contribution in [-0.4, -0.2) is 72.2 Å².